The van der Waals surface area contributed by atoms with E-state index in [1.54, 1.807) is 23.7 Å². The van der Waals surface area contributed by atoms with Crippen molar-refractivity contribution in [2.24, 2.45) is 7.05 Å². The standard InChI is InChI=1S/C13H15FN2O/c1-10-7-12(3-4-13(10)14)17-6-5-11-8-15-16(2)9-11/h3-4,7-9H,5-6H2,1-2H3. The van der Waals surface area contributed by atoms with Gasteiger partial charge in [-0.25, -0.2) is 4.39 Å². The highest BCUT2D eigenvalue weighted by Crippen LogP contribution is 2.16. The maximum Gasteiger partial charge on any atom is 0.126 e. The second-order valence-electron chi connectivity index (χ2n) is 4.03. The minimum atomic E-state index is -0.204. The summed E-state index contributed by atoms with van der Waals surface area (Å²) in [5, 5.41) is 4.08. The van der Waals surface area contributed by atoms with E-state index in [0.717, 1.165) is 12.0 Å². The minimum absolute atomic E-state index is 0.204. The summed E-state index contributed by atoms with van der Waals surface area (Å²) in [5.41, 5.74) is 1.73. The average Bonchev–Trinajstić information content (AvgIpc) is 2.70. The van der Waals surface area contributed by atoms with E-state index in [0.29, 0.717) is 17.9 Å². The lowest BCUT2D eigenvalue weighted by Gasteiger charge is -2.06. The fraction of sp³-hybridized carbons (Fsp3) is 0.308. The average molecular weight is 234 g/mol. The highest BCUT2D eigenvalue weighted by Gasteiger charge is 2.01. The van der Waals surface area contributed by atoms with Crippen molar-refractivity contribution >= 4 is 0 Å². The molecule has 0 saturated heterocycles. The third-order valence-corrected chi connectivity index (χ3v) is 2.55. The first-order chi connectivity index (χ1) is 8.15. The van der Waals surface area contributed by atoms with Crippen LogP contribution in [0.2, 0.25) is 0 Å². The minimum Gasteiger partial charge on any atom is -0.493 e. The fourth-order valence-corrected chi connectivity index (χ4v) is 1.59. The molecule has 1 aromatic carbocycles. The summed E-state index contributed by atoms with van der Waals surface area (Å²) in [7, 11) is 1.88. The second-order valence-corrected chi connectivity index (χ2v) is 4.03. The van der Waals surface area contributed by atoms with Gasteiger partial charge in [0.05, 0.1) is 12.8 Å². The van der Waals surface area contributed by atoms with Gasteiger partial charge in [0.2, 0.25) is 0 Å². The van der Waals surface area contributed by atoms with Crippen molar-refractivity contribution in [2.75, 3.05) is 6.61 Å². The number of ether oxygens (including phenoxy) is 1. The Morgan fingerprint density at radius 3 is 2.88 bits per heavy atom. The Hall–Kier alpha value is -1.84. The Labute approximate surface area is 99.8 Å². The van der Waals surface area contributed by atoms with Crippen LogP contribution in [0, 0.1) is 12.7 Å². The third kappa shape index (κ3) is 3.06. The van der Waals surface area contributed by atoms with Crippen molar-refractivity contribution in [3.8, 4) is 5.75 Å². The van der Waals surface area contributed by atoms with Gasteiger partial charge in [-0.3, -0.25) is 4.68 Å². The van der Waals surface area contributed by atoms with E-state index in [1.807, 2.05) is 19.4 Å². The molecule has 0 aliphatic rings. The van der Waals surface area contributed by atoms with E-state index in [-0.39, 0.29) is 5.82 Å². The normalized spacial score (nSPS) is 10.5. The highest BCUT2D eigenvalue weighted by molar-refractivity contribution is 5.28. The van der Waals surface area contributed by atoms with Crippen LogP contribution in [0.4, 0.5) is 4.39 Å². The lowest BCUT2D eigenvalue weighted by atomic mass is 10.2. The van der Waals surface area contributed by atoms with Crippen molar-refractivity contribution in [3.05, 3.63) is 47.5 Å². The van der Waals surface area contributed by atoms with Crippen LogP contribution in [0.15, 0.2) is 30.6 Å². The topological polar surface area (TPSA) is 27.1 Å². The molecule has 0 bridgehead atoms. The number of aromatic nitrogens is 2. The van der Waals surface area contributed by atoms with Crippen molar-refractivity contribution in [1.82, 2.24) is 9.78 Å². The Morgan fingerprint density at radius 1 is 1.41 bits per heavy atom. The van der Waals surface area contributed by atoms with Crippen LogP contribution in [-0.4, -0.2) is 16.4 Å². The molecule has 1 heterocycles. The summed E-state index contributed by atoms with van der Waals surface area (Å²) in [5.74, 6) is 0.498. The first kappa shape index (κ1) is 11.6. The molecular weight excluding hydrogens is 219 g/mol. The molecular formula is C13H15FN2O. The molecule has 0 amide bonds. The molecule has 0 N–H and O–H groups in total. The molecule has 2 aromatic rings. The molecule has 90 valence electrons. The summed E-state index contributed by atoms with van der Waals surface area (Å²) in [6.45, 7) is 2.29. The van der Waals surface area contributed by atoms with Crippen LogP contribution >= 0.6 is 0 Å². The van der Waals surface area contributed by atoms with Crippen molar-refractivity contribution < 1.29 is 9.13 Å². The molecule has 3 nitrogen and oxygen atoms in total. The first-order valence-electron chi connectivity index (χ1n) is 5.51. The maximum absolute atomic E-state index is 13.0. The highest BCUT2D eigenvalue weighted by atomic mass is 19.1. The number of hydrogen-bond acceptors (Lipinski definition) is 2. The fourth-order valence-electron chi connectivity index (χ4n) is 1.59. The number of benzene rings is 1. The largest absolute Gasteiger partial charge is 0.493 e. The zero-order valence-electron chi connectivity index (χ0n) is 9.98. The number of hydrogen-bond donors (Lipinski definition) is 0. The van der Waals surface area contributed by atoms with Crippen LogP contribution in [0.1, 0.15) is 11.1 Å². The van der Waals surface area contributed by atoms with Gasteiger partial charge in [0, 0.05) is 19.7 Å². The summed E-state index contributed by atoms with van der Waals surface area (Å²) in [6, 6.07) is 4.78. The summed E-state index contributed by atoms with van der Waals surface area (Å²) < 4.78 is 20.3. The molecule has 2 rings (SSSR count). The number of halogens is 1. The summed E-state index contributed by atoms with van der Waals surface area (Å²) >= 11 is 0. The number of rotatable bonds is 4. The monoisotopic (exact) mass is 234 g/mol. The van der Waals surface area contributed by atoms with Crippen molar-refractivity contribution in [1.29, 1.82) is 0 Å². The van der Waals surface area contributed by atoms with Crippen LogP contribution in [0.5, 0.6) is 5.75 Å². The van der Waals surface area contributed by atoms with E-state index in [4.69, 9.17) is 4.74 Å². The number of nitrogens with zero attached hydrogens (tertiary/aromatic N) is 2. The van der Waals surface area contributed by atoms with E-state index < -0.39 is 0 Å². The van der Waals surface area contributed by atoms with E-state index in [9.17, 15) is 4.39 Å². The second kappa shape index (κ2) is 4.99. The van der Waals surface area contributed by atoms with Gasteiger partial charge in [0.25, 0.3) is 0 Å². The van der Waals surface area contributed by atoms with Crippen LogP contribution < -0.4 is 4.74 Å². The molecule has 0 fully saturated rings. The molecule has 0 radical (unpaired) electrons. The van der Waals surface area contributed by atoms with Gasteiger partial charge < -0.3 is 4.74 Å². The molecule has 0 spiro atoms. The van der Waals surface area contributed by atoms with Gasteiger partial charge in [-0.2, -0.15) is 5.10 Å². The van der Waals surface area contributed by atoms with Gasteiger partial charge >= 0.3 is 0 Å². The van der Waals surface area contributed by atoms with Crippen LogP contribution in [0.3, 0.4) is 0 Å². The van der Waals surface area contributed by atoms with Gasteiger partial charge in [-0.1, -0.05) is 0 Å². The SMILES string of the molecule is Cc1cc(OCCc2cnn(C)c2)ccc1F. The molecule has 0 atom stereocenters. The molecule has 0 aliphatic carbocycles. The Morgan fingerprint density at radius 2 is 2.24 bits per heavy atom. The predicted octanol–water partition coefficient (Wildman–Crippen LogP) is 2.49. The quantitative estimate of drug-likeness (QED) is 0.812. The van der Waals surface area contributed by atoms with Crippen molar-refractivity contribution in [2.45, 2.75) is 13.3 Å². The summed E-state index contributed by atoms with van der Waals surface area (Å²) in [4.78, 5) is 0. The van der Waals surface area contributed by atoms with E-state index in [2.05, 4.69) is 5.10 Å². The zero-order valence-corrected chi connectivity index (χ0v) is 9.98. The lowest BCUT2D eigenvalue weighted by Crippen LogP contribution is -2.01. The lowest BCUT2D eigenvalue weighted by molar-refractivity contribution is 0.321. The van der Waals surface area contributed by atoms with E-state index >= 15 is 0 Å². The van der Waals surface area contributed by atoms with Gasteiger partial charge in [0.1, 0.15) is 11.6 Å². The molecule has 0 unspecified atom stereocenters. The van der Waals surface area contributed by atoms with Crippen LogP contribution in [-0.2, 0) is 13.5 Å². The van der Waals surface area contributed by atoms with E-state index in [1.165, 1.54) is 6.07 Å². The Bertz CT molecular complexity index is 508. The van der Waals surface area contributed by atoms with Gasteiger partial charge in [0.15, 0.2) is 0 Å². The molecule has 1 aromatic heterocycles. The first-order valence-corrected chi connectivity index (χ1v) is 5.51. The third-order valence-electron chi connectivity index (χ3n) is 2.55. The smallest absolute Gasteiger partial charge is 0.126 e. The molecule has 0 saturated carbocycles. The Balaban J connectivity index is 1.87. The zero-order chi connectivity index (χ0) is 12.3. The predicted molar refractivity (Wildman–Crippen MR) is 63.5 cm³/mol. The van der Waals surface area contributed by atoms with Crippen molar-refractivity contribution in [3.63, 3.8) is 0 Å². The van der Waals surface area contributed by atoms with Gasteiger partial charge in [-0.15, -0.1) is 0 Å². The number of aryl methyl sites for hydroxylation is 2. The maximum atomic E-state index is 13.0. The molecule has 0 aliphatic heterocycles. The summed E-state index contributed by atoms with van der Waals surface area (Å²) in [6.07, 6.45) is 4.57. The Kier molecular flexibility index (Phi) is 3.42. The van der Waals surface area contributed by atoms with Gasteiger partial charge in [-0.05, 0) is 36.2 Å². The van der Waals surface area contributed by atoms with Crippen LogP contribution in [0.25, 0.3) is 0 Å². The molecule has 17 heavy (non-hydrogen) atoms. The molecule has 4 heteroatoms.